The van der Waals surface area contributed by atoms with Crippen LogP contribution in [-0.2, 0) is 0 Å². The molecule has 3 atom stereocenters. The van der Waals surface area contributed by atoms with E-state index in [1.54, 1.807) is 43.3 Å². The minimum Gasteiger partial charge on any atom is -0.507 e. The summed E-state index contributed by atoms with van der Waals surface area (Å²) < 4.78 is 51.6. The van der Waals surface area contributed by atoms with Crippen molar-refractivity contribution in [3.8, 4) is 17.2 Å². The van der Waals surface area contributed by atoms with Crippen LogP contribution in [0.25, 0.3) is 0 Å². The molecule has 27 heavy (non-hydrogen) atoms. The summed E-state index contributed by atoms with van der Waals surface area (Å²) in [5.41, 5.74) is 5.78. The van der Waals surface area contributed by atoms with Crippen molar-refractivity contribution >= 4 is 0 Å². The maximum Gasteiger partial charge on any atom is 0.405 e. The quantitative estimate of drug-likeness (QED) is 0.737. The monoisotopic (exact) mass is 382 g/mol. The standard InChI is InChI=1S/C19H21F3N2O3/c1-3-27-11-8-9-12(14(25)10-11)17-16(18(24-23-17)19(20,21)22)13-6-4-5-7-15(13)26-2/h4-10,16-18,23-25H,3H2,1-2H3. The Morgan fingerprint density at radius 1 is 1.07 bits per heavy atom. The third kappa shape index (κ3) is 3.81. The van der Waals surface area contributed by atoms with Gasteiger partial charge < -0.3 is 14.6 Å². The lowest BCUT2D eigenvalue weighted by Gasteiger charge is -2.27. The van der Waals surface area contributed by atoms with Gasteiger partial charge in [-0.2, -0.15) is 13.2 Å². The first kappa shape index (κ1) is 19.3. The molecule has 0 spiro atoms. The number of alkyl halides is 3. The van der Waals surface area contributed by atoms with Crippen molar-refractivity contribution in [1.29, 1.82) is 0 Å². The molecule has 1 heterocycles. The number of hydrazine groups is 1. The zero-order chi connectivity index (χ0) is 19.6. The highest BCUT2D eigenvalue weighted by Crippen LogP contribution is 2.47. The van der Waals surface area contributed by atoms with Crippen LogP contribution in [-0.4, -0.2) is 31.0 Å². The fraction of sp³-hybridized carbons (Fsp3) is 0.368. The lowest BCUT2D eigenvalue weighted by molar-refractivity contribution is -0.156. The molecule has 5 nitrogen and oxygen atoms in total. The van der Waals surface area contributed by atoms with Crippen LogP contribution in [0.1, 0.15) is 30.0 Å². The van der Waals surface area contributed by atoms with Gasteiger partial charge in [-0.1, -0.05) is 24.3 Å². The third-order valence-corrected chi connectivity index (χ3v) is 4.61. The highest BCUT2D eigenvalue weighted by molar-refractivity contribution is 5.46. The number of hydrogen-bond acceptors (Lipinski definition) is 5. The highest BCUT2D eigenvalue weighted by Gasteiger charge is 2.53. The van der Waals surface area contributed by atoms with Crippen molar-refractivity contribution in [1.82, 2.24) is 10.9 Å². The van der Waals surface area contributed by atoms with Crippen LogP contribution in [0.2, 0.25) is 0 Å². The van der Waals surface area contributed by atoms with E-state index in [0.717, 1.165) is 0 Å². The van der Waals surface area contributed by atoms with Gasteiger partial charge >= 0.3 is 6.18 Å². The van der Waals surface area contributed by atoms with Crippen LogP contribution < -0.4 is 20.3 Å². The molecule has 0 aromatic heterocycles. The second-order valence-corrected chi connectivity index (χ2v) is 6.21. The molecule has 1 fully saturated rings. The molecule has 1 aliphatic rings. The summed E-state index contributed by atoms with van der Waals surface area (Å²) in [6.45, 7) is 2.22. The van der Waals surface area contributed by atoms with Crippen LogP contribution in [0.15, 0.2) is 42.5 Å². The number of phenols is 1. The Bertz CT molecular complexity index is 798. The Morgan fingerprint density at radius 3 is 2.44 bits per heavy atom. The smallest absolute Gasteiger partial charge is 0.405 e. The van der Waals surface area contributed by atoms with Crippen LogP contribution in [0, 0.1) is 0 Å². The summed E-state index contributed by atoms with van der Waals surface area (Å²) >= 11 is 0. The predicted octanol–water partition coefficient (Wildman–Crippen LogP) is 3.66. The molecule has 2 aromatic carbocycles. The number of methoxy groups -OCH3 is 1. The summed E-state index contributed by atoms with van der Waals surface area (Å²) in [5.74, 6) is -0.364. The van der Waals surface area contributed by atoms with E-state index in [9.17, 15) is 18.3 Å². The number of benzene rings is 2. The van der Waals surface area contributed by atoms with Crippen LogP contribution >= 0.6 is 0 Å². The van der Waals surface area contributed by atoms with Crippen molar-refractivity contribution < 1.29 is 27.8 Å². The van der Waals surface area contributed by atoms with Gasteiger partial charge in [-0.05, 0) is 19.1 Å². The van der Waals surface area contributed by atoms with Crippen molar-refractivity contribution in [3.05, 3.63) is 53.6 Å². The minimum absolute atomic E-state index is 0.136. The topological polar surface area (TPSA) is 62.8 Å². The number of ether oxygens (including phenoxy) is 2. The van der Waals surface area contributed by atoms with Gasteiger partial charge in [0.2, 0.25) is 0 Å². The number of hydrogen-bond donors (Lipinski definition) is 3. The number of rotatable bonds is 5. The third-order valence-electron chi connectivity index (χ3n) is 4.61. The van der Waals surface area contributed by atoms with Gasteiger partial charge in [-0.25, -0.2) is 10.9 Å². The Labute approximate surface area is 155 Å². The van der Waals surface area contributed by atoms with Crippen molar-refractivity contribution in [2.75, 3.05) is 13.7 Å². The van der Waals surface area contributed by atoms with E-state index in [1.807, 2.05) is 0 Å². The Morgan fingerprint density at radius 2 is 1.81 bits per heavy atom. The Hall–Kier alpha value is -2.45. The van der Waals surface area contributed by atoms with Gasteiger partial charge in [-0.3, -0.25) is 0 Å². The first-order valence-corrected chi connectivity index (χ1v) is 8.53. The SMILES string of the molecule is CCOc1ccc(C2NNC(C(F)(F)F)C2c2ccccc2OC)c(O)c1. The summed E-state index contributed by atoms with van der Waals surface area (Å²) in [4.78, 5) is 0. The molecule has 0 amide bonds. The molecular formula is C19H21F3N2O3. The largest absolute Gasteiger partial charge is 0.507 e. The van der Waals surface area contributed by atoms with Crippen LogP contribution in [0.3, 0.4) is 0 Å². The Kier molecular flexibility index (Phi) is 5.48. The summed E-state index contributed by atoms with van der Waals surface area (Å²) in [7, 11) is 1.42. The van der Waals surface area contributed by atoms with E-state index in [-0.39, 0.29) is 5.75 Å². The molecule has 3 N–H and O–H groups in total. The first-order valence-electron chi connectivity index (χ1n) is 8.53. The molecule has 0 aliphatic carbocycles. The first-order chi connectivity index (χ1) is 12.9. The highest BCUT2D eigenvalue weighted by atomic mass is 19.4. The number of phenolic OH excluding ortho intramolecular Hbond substituents is 1. The molecule has 1 saturated heterocycles. The lowest BCUT2D eigenvalue weighted by atomic mass is 9.82. The maximum absolute atomic E-state index is 13.7. The molecule has 3 unspecified atom stereocenters. The number of nitrogens with one attached hydrogen (secondary N) is 2. The maximum atomic E-state index is 13.7. The molecule has 8 heteroatoms. The van der Waals surface area contributed by atoms with E-state index in [0.29, 0.717) is 29.2 Å². The van der Waals surface area contributed by atoms with E-state index >= 15 is 0 Å². The molecule has 1 aliphatic heterocycles. The second kappa shape index (κ2) is 7.66. The fourth-order valence-corrected chi connectivity index (χ4v) is 3.45. The molecule has 3 rings (SSSR count). The summed E-state index contributed by atoms with van der Waals surface area (Å²) in [5, 5.41) is 10.4. The lowest BCUT2D eigenvalue weighted by Crippen LogP contribution is -2.43. The van der Waals surface area contributed by atoms with Gasteiger partial charge in [0, 0.05) is 23.1 Å². The number of para-hydroxylation sites is 1. The number of aromatic hydroxyl groups is 1. The van der Waals surface area contributed by atoms with Gasteiger partial charge in [0.1, 0.15) is 23.3 Å². The van der Waals surface area contributed by atoms with Crippen molar-refractivity contribution in [3.63, 3.8) is 0 Å². The van der Waals surface area contributed by atoms with E-state index in [2.05, 4.69) is 10.9 Å². The van der Waals surface area contributed by atoms with E-state index < -0.39 is 24.2 Å². The zero-order valence-corrected chi connectivity index (χ0v) is 14.9. The molecule has 0 radical (unpaired) electrons. The van der Waals surface area contributed by atoms with Gasteiger partial charge in [0.05, 0.1) is 19.8 Å². The summed E-state index contributed by atoms with van der Waals surface area (Å²) in [6, 6.07) is 8.53. The van der Waals surface area contributed by atoms with Crippen molar-refractivity contribution in [2.45, 2.75) is 31.1 Å². The zero-order valence-electron chi connectivity index (χ0n) is 14.9. The van der Waals surface area contributed by atoms with Crippen LogP contribution in [0.5, 0.6) is 17.2 Å². The van der Waals surface area contributed by atoms with E-state index in [4.69, 9.17) is 9.47 Å². The average molecular weight is 382 g/mol. The van der Waals surface area contributed by atoms with Crippen LogP contribution in [0.4, 0.5) is 13.2 Å². The van der Waals surface area contributed by atoms with Gasteiger partial charge in [0.25, 0.3) is 0 Å². The normalized spacial score (nSPS) is 22.6. The Balaban J connectivity index is 2.06. The second-order valence-electron chi connectivity index (χ2n) is 6.21. The van der Waals surface area contributed by atoms with E-state index in [1.165, 1.54) is 13.2 Å². The summed E-state index contributed by atoms with van der Waals surface area (Å²) in [6.07, 6.45) is -4.49. The van der Waals surface area contributed by atoms with Crippen molar-refractivity contribution in [2.24, 2.45) is 0 Å². The molecule has 2 aromatic rings. The molecule has 146 valence electrons. The number of halogens is 3. The van der Waals surface area contributed by atoms with Gasteiger partial charge in [-0.15, -0.1) is 0 Å². The van der Waals surface area contributed by atoms with Gasteiger partial charge in [0.15, 0.2) is 0 Å². The predicted molar refractivity (Wildman–Crippen MR) is 93.9 cm³/mol. The fourth-order valence-electron chi connectivity index (χ4n) is 3.45. The molecule has 0 saturated carbocycles. The minimum atomic E-state index is -4.49. The average Bonchev–Trinajstić information content (AvgIpc) is 3.07. The molecule has 0 bridgehead atoms. The molecular weight excluding hydrogens is 361 g/mol.